The molecule has 4 nitrogen and oxygen atoms in total. The van der Waals surface area contributed by atoms with E-state index in [0.717, 1.165) is 49.1 Å². The van der Waals surface area contributed by atoms with Crippen molar-refractivity contribution >= 4 is 57.4 Å². The first kappa shape index (κ1) is 31.1. The smallest absolute Gasteiger partial charge is 0.205 e. The number of pyridine rings is 1. The molecule has 1 heterocycles. The van der Waals surface area contributed by atoms with Crippen molar-refractivity contribution in [1.82, 2.24) is 0 Å². The van der Waals surface area contributed by atoms with Crippen LogP contribution in [-0.4, -0.2) is 37.4 Å². The van der Waals surface area contributed by atoms with Crippen LogP contribution in [0.3, 0.4) is 0 Å². The number of nitrogens with one attached hydrogen (secondary N) is 2. The lowest BCUT2D eigenvalue weighted by Crippen LogP contribution is -2.34. The van der Waals surface area contributed by atoms with Gasteiger partial charge in [0.15, 0.2) is 6.20 Å². The lowest BCUT2D eigenvalue weighted by Gasteiger charge is -2.08. The van der Waals surface area contributed by atoms with Crippen LogP contribution in [0, 0.1) is 0 Å². The van der Waals surface area contributed by atoms with Crippen LogP contribution in [0.25, 0.3) is 18.2 Å². The second kappa shape index (κ2) is 19.6. The molecule has 0 saturated heterocycles. The van der Waals surface area contributed by atoms with Gasteiger partial charge in [-0.1, -0.05) is 76.2 Å². The molecule has 0 aliphatic carbocycles. The van der Waals surface area contributed by atoms with Gasteiger partial charge in [-0.15, -0.1) is 0 Å². The van der Waals surface area contributed by atoms with Crippen molar-refractivity contribution in [2.75, 3.05) is 41.8 Å². The van der Waals surface area contributed by atoms with E-state index in [9.17, 15) is 0 Å². The number of nitrogens with zero attached hydrogens (tertiary/aromatic N) is 2. The van der Waals surface area contributed by atoms with Gasteiger partial charge in [-0.05, 0) is 67.5 Å². The van der Waals surface area contributed by atoms with E-state index in [2.05, 4.69) is 118 Å². The molecule has 0 fully saturated rings. The molecule has 0 bridgehead atoms. The van der Waals surface area contributed by atoms with Gasteiger partial charge < -0.3 is 10.6 Å². The van der Waals surface area contributed by atoms with E-state index < -0.39 is 0 Å². The average molecular weight is 570 g/mol. The minimum absolute atomic E-state index is 0.818. The van der Waals surface area contributed by atoms with E-state index in [1.165, 1.54) is 16.8 Å². The van der Waals surface area contributed by atoms with Gasteiger partial charge in [0.2, 0.25) is 5.69 Å². The summed E-state index contributed by atoms with van der Waals surface area (Å²) in [6.07, 6.45) is 20.4. The Balaban J connectivity index is 1.24. The van der Waals surface area contributed by atoms with Crippen LogP contribution >= 0.6 is 21.6 Å². The largest absolute Gasteiger partial charge is 0.384 e. The van der Waals surface area contributed by atoms with E-state index in [4.69, 9.17) is 0 Å². The Hall–Kier alpha value is -3.48. The maximum absolute atomic E-state index is 4.14. The Morgan fingerprint density at radius 2 is 1.27 bits per heavy atom. The van der Waals surface area contributed by atoms with Crippen LogP contribution in [0.5, 0.6) is 0 Å². The van der Waals surface area contributed by atoms with Crippen LogP contribution in [0.15, 0.2) is 108 Å². The van der Waals surface area contributed by atoms with Crippen molar-refractivity contribution in [2.45, 2.75) is 20.4 Å². The number of benzene rings is 2. The van der Waals surface area contributed by atoms with Crippen molar-refractivity contribution in [3.63, 3.8) is 0 Å². The van der Waals surface area contributed by atoms with Crippen molar-refractivity contribution in [2.24, 2.45) is 4.99 Å². The summed E-state index contributed by atoms with van der Waals surface area (Å²) in [5.74, 6) is 2.13. The maximum Gasteiger partial charge on any atom is 0.205 e. The molecule has 0 atom stereocenters. The van der Waals surface area contributed by atoms with Gasteiger partial charge in [0, 0.05) is 66.9 Å². The van der Waals surface area contributed by atoms with Gasteiger partial charge in [-0.3, -0.25) is 4.99 Å². The molecule has 3 rings (SSSR count). The third kappa shape index (κ3) is 12.6. The van der Waals surface area contributed by atoms with Crippen molar-refractivity contribution in [3.05, 3.63) is 120 Å². The first-order valence-electron chi connectivity index (χ1n) is 13.9. The van der Waals surface area contributed by atoms with Crippen LogP contribution in [0.1, 0.15) is 30.7 Å². The van der Waals surface area contributed by atoms with Gasteiger partial charge in [-0.2, -0.15) is 4.57 Å². The zero-order chi connectivity index (χ0) is 28.1. The second-order valence-electron chi connectivity index (χ2n) is 8.76. The third-order valence-corrected chi connectivity index (χ3v) is 8.21. The van der Waals surface area contributed by atoms with Crippen molar-refractivity contribution in [3.8, 4) is 0 Å². The number of hydrogen-bond donors (Lipinski definition) is 2. The van der Waals surface area contributed by atoms with Crippen LogP contribution in [0.2, 0.25) is 0 Å². The maximum atomic E-state index is 4.14. The molecule has 1 aromatic heterocycles. The van der Waals surface area contributed by atoms with Crippen LogP contribution in [-0.2, 0) is 6.54 Å². The third-order valence-electron chi connectivity index (χ3n) is 5.80. The quantitative estimate of drug-likeness (QED) is 0.0564. The lowest BCUT2D eigenvalue weighted by atomic mass is 10.1. The predicted octanol–water partition coefficient (Wildman–Crippen LogP) is 8.29. The van der Waals surface area contributed by atoms with Crippen LogP contribution < -0.4 is 15.2 Å². The summed E-state index contributed by atoms with van der Waals surface area (Å²) < 4.78 is 2.24. The summed E-state index contributed by atoms with van der Waals surface area (Å²) >= 11 is 0. The van der Waals surface area contributed by atoms with E-state index in [1.54, 1.807) is 0 Å². The summed E-state index contributed by atoms with van der Waals surface area (Å²) in [6.45, 7) is 7.88. The number of aliphatic imine (C=N–C) groups is 1. The zero-order valence-corrected chi connectivity index (χ0v) is 25.2. The van der Waals surface area contributed by atoms with Crippen molar-refractivity contribution < 1.29 is 4.57 Å². The minimum Gasteiger partial charge on any atom is -0.384 e. The first-order valence-corrected chi connectivity index (χ1v) is 16.4. The fourth-order valence-electron chi connectivity index (χ4n) is 3.70. The number of rotatable bonds is 17. The molecule has 0 saturated carbocycles. The summed E-state index contributed by atoms with van der Waals surface area (Å²) in [4.78, 5) is 4.14. The second-order valence-corrected chi connectivity index (χ2v) is 11.5. The molecule has 0 aliphatic heterocycles. The molecule has 0 aliphatic rings. The van der Waals surface area contributed by atoms with E-state index in [1.807, 2.05) is 65.1 Å². The van der Waals surface area contributed by atoms with E-state index in [-0.39, 0.29) is 0 Å². The van der Waals surface area contributed by atoms with Gasteiger partial charge in [-0.25, -0.2) is 0 Å². The number of hydrogen-bond acceptors (Lipinski definition) is 5. The molecule has 6 heteroatoms. The average Bonchev–Trinajstić information content (AvgIpc) is 3.00. The molecular weight excluding hydrogens is 529 g/mol. The molecule has 0 radical (unpaired) electrons. The van der Waals surface area contributed by atoms with Gasteiger partial charge in [0.1, 0.15) is 6.54 Å². The molecule has 2 aromatic carbocycles. The van der Waals surface area contributed by atoms with E-state index in [0.29, 0.717) is 0 Å². The molecule has 0 spiro atoms. The fraction of sp³-hybridized carbons (Fsp3) is 0.235. The summed E-state index contributed by atoms with van der Waals surface area (Å²) in [5, 5.41) is 7.03. The highest BCUT2D eigenvalue weighted by atomic mass is 33.1. The summed E-state index contributed by atoms with van der Waals surface area (Å²) in [5.41, 5.74) is 5.92. The normalized spacial score (nSPS) is 12.1. The monoisotopic (exact) mass is 569 g/mol. The molecule has 2 N–H and O–H groups in total. The highest BCUT2D eigenvalue weighted by Crippen LogP contribution is 2.21. The molecular formula is C34H41N4S2+. The van der Waals surface area contributed by atoms with Gasteiger partial charge in [0.25, 0.3) is 0 Å². The molecule has 208 valence electrons. The highest BCUT2D eigenvalue weighted by molar-refractivity contribution is 8.76. The molecule has 0 unspecified atom stereocenters. The Morgan fingerprint density at radius 3 is 1.90 bits per heavy atom. The summed E-state index contributed by atoms with van der Waals surface area (Å²) in [7, 11) is 3.83. The van der Waals surface area contributed by atoms with Crippen molar-refractivity contribution in [1.29, 1.82) is 0 Å². The standard InChI is InChI=1S/C34H40N4S2/c1-3-35-24-10-7-5-6-8-12-30-14-19-32(20-15-30)36-25-28-39-40-29-26-37-33-21-16-31(17-22-33)18-23-34-13-9-11-27-38(34)4-2/h5-24,27H,3-4,25-26,28-29H2,1-2H3,(H,35,36)/p+1. The minimum atomic E-state index is 0.818. The molecule has 0 amide bonds. The lowest BCUT2D eigenvalue weighted by molar-refractivity contribution is -0.695. The Morgan fingerprint density at radius 1 is 0.675 bits per heavy atom. The summed E-state index contributed by atoms with van der Waals surface area (Å²) in [6, 6.07) is 23.5. The number of anilines is 2. The van der Waals surface area contributed by atoms with E-state index >= 15 is 0 Å². The Bertz CT molecular complexity index is 1260. The Labute approximate surface area is 248 Å². The predicted molar refractivity (Wildman–Crippen MR) is 182 cm³/mol. The first-order chi connectivity index (χ1) is 19.8. The SMILES string of the molecule is CCN=C\C=C/C=C/C=C/c1ccc(NCCSSCCNc2ccc(/C=C/c3cccc[n+]3CC)cc2)cc1. The highest BCUT2D eigenvalue weighted by Gasteiger charge is 2.02. The topological polar surface area (TPSA) is 40.3 Å². The van der Waals surface area contributed by atoms with Gasteiger partial charge >= 0.3 is 0 Å². The molecule has 40 heavy (non-hydrogen) atoms. The molecule has 3 aromatic rings. The van der Waals surface area contributed by atoms with Gasteiger partial charge in [0.05, 0.1) is 0 Å². The number of allylic oxidation sites excluding steroid dienone is 5. The number of aryl methyl sites for hydroxylation is 1. The zero-order valence-electron chi connectivity index (χ0n) is 23.6. The fourth-order valence-corrected chi connectivity index (χ4v) is 5.52. The number of aromatic nitrogens is 1. The Kier molecular flexibility index (Phi) is 15.2. The van der Waals surface area contributed by atoms with Crippen LogP contribution in [0.4, 0.5) is 11.4 Å².